The van der Waals surface area contributed by atoms with E-state index in [-0.39, 0.29) is 22.6 Å². The van der Waals surface area contributed by atoms with Gasteiger partial charge in [-0.2, -0.15) is 0 Å². The van der Waals surface area contributed by atoms with Crippen LogP contribution >= 0.6 is 0 Å². The van der Waals surface area contributed by atoms with Gasteiger partial charge < -0.3 is 15.5 Å². The van der Waals surface area contributed by atoms with Gasteiger partial charge >= 0.3 is 5.97 Å². The van der Waals surface area contributed by atoms with E-state index >= 15 is 0 Å². The molecule has 0 heterocycles. The minimum absolute atomic E-state index is 0.00580. The maximum absolute atomic E-state index is 13.0. The number of anilines is 1. The van der Waals surface area contributed by atoms with Gasteiger partial charge in [-0.15, -0.1) is 0 Å². The molecule has 0 fully saturated rings. The fourth-order valence-corrected chi connectivity index (χ4v) is 1.62. The zero-order valence-corrected chi connectivity index (χ0v) is 10.1. The first-order valence-electron chi connectivity index (χ1n) is 5.60. The molecular weight excluding hydrogens is 265 g/mol. The molecule has 0 aromatic heterocycles. The van der Waals surface area contributed by atoms with Gasteiger partial charge in [0.15, 0.2) is 0 Å². The Morgan fingerprint density at radius 3 is 2.55 bits per heavy atom. The molecule has 1 amide bonds. The van der Waals surface area contributed by atoms with Crippen LogP contribution in [0.3, 0.4) is 0 Å². The van der Waals surface area contributed by atoms with Gasteiger partial charge in [0.1, 0.15) is 11.6 Å². The van der Waals surface area contributed by atoms with Gasteiger partial charge in [-0.05, 0) is 36.4 Å². The van der Waals surface area contributed by atoms with E-state index < -0.39 is 17.7 Å². The van der Waals surface area contributed by atoms with Crippen molar-refractivity contribution in [3.8, 4) is 5.75 Å². The molecule has 20 heavy (non-hydrogen) atoms. The smallest absolute Gasteiger partial charge is 0.335 e. The second kappa shape index (κ2) is 5.40. The van der Waals surface area contributed by atoms with Gasteiger partial charge in [0.25, 0.3) is 5.91 Å². The zero-order chi connectivity index (χ0) is 14.7. The number of phenols is 1. The van der Waals surface area contributed by atoms with Gasteiger partial charge in [0.2, 0.25) is 0 Å². The summed E-state index contributed by atoms with van der Waals surface area (Å²) in [6.07, 6.45) is 0. The Hall–Kier alpha value is -2.89. The van der Waals surface area contributed by atoms with Gasteiger partial charge in [-0.25, -0.2) is 9.18 Å². The lowest BCUT2D eigenvalue weighted by Gasteiger charge is -2.07. The summed E-state index contributed by atoms with van der Waals surface area (Å²) in [5.41, 5.74) is 0.00977. The Morgan fingerprint density at radius 1 is 1.10 bits per heavy atom. The number of aromatic carboxylic acids is 1. The standard InChI is InChI=1S/C14H10FNO4/c15-9-4-5-12(17)11(7-9)13(18)16-10-3-1-2-8(6-10)14(19)20/h1-7,17H,(H,16,18)(H,19,20). The summed E-state index contributed by atoms with van der Waals surface area (Å²) in [5.74, 6) is -2.88. The molecular formula is C14H10FNO4. The van der Waals surface area contributed by atoms with Crippen molar-refractivity contribution >= 4 is 17.6 Å². The molecule has 0 radical (unpaired) electrons. The van der Waals surface area contributed by atoms with Crippen LogP contribution in [0.15, 0.2) is 42.5 Å². The SMILES string of the molecule is O=C(O)c1cccc(NC(=O)c2cc(F)ccc2O)c1. The Balaban J connectivity index is 2.25. The molecule has 0 spiro atoms. The molecule has 2 aromatic rings. The fraction of sp³-hybridized carbons (Fsp3) is 0. The number of carboxylic acids is 1. The van der Waals surface area contributed by atoms with Crippen molar-refractivity contribution in [1.82, 2.24) is 0 Å². The van der Waals surface area contributed by atoms with Crippen LogP contribution in [-0.4, -0.2) is 22.1 Å². The molecule has 2 rings (SSSR count). The first kappa shape index (κ1) is 13.5. The Labute approximate surface area is 113 Å². The predicted molar refractivity (Wildman–Crippen MR) is 69.4 cm³/mol. The molecule has 0 saturated heterocycles. The Kier molecular flexibility index (Phi) is 3.65. The summed E-state index contributed by atoms with van der Waals surface area (Å²) in [7, 11) is 0. The lowest BCUT2D eigenvalue weighted by atomic mass is 10.1. The van der Waals surface area contributed by atoms with Crippen molar-refractivity contribution in [1.29, 1.82) is 0 Å². The van der Waals surface area contributed by atoms with Crippen molar-refractivity contribution in [2.45, 2.75) is 0 Å². The molecule has 5 nitrogen and oxygen atoms in total. The second-order valence-corrected chi connectivity index (χ2v) is 4.00. The van der Waals surface area contributed by atoms with Crippen LogP contribution in [-0.2, 0) is 0 Å². The number of carbonyl (C=O) groups is 2. The van der Waals surface area contributed by atoms with E-state index in [2.05, 4.69) is 5.32 Å². The van der Waals surface area contributed by atoms with Crippen LogP contribution in [0.25, 0.3) is 0 Å². The van der Waals surface area contributed by atoms with Crippen molar-refractivity contribution < 1.29 is 24.2 Å². The molecule has 0 saturated carbocycles. The van der Waals surface area contributed by atoms with Crippen LogP contribution < -0.4 is 5.32 Å². The maximum Gasteiger partial charge on any atom is 0.335 e. The van der Waals surface area contributed by atoms with E-state index in [0.29, 0.717) is 0 Å². The molecule has 0 bridgehead atoms. The molecule has 102 valence electrons. The van der Waals surface area contributed by atoms with Crippen molar-refractivity contribution in [2.75, 3.05) is 5.32 Å². The predicted octanol–water partition coefficient (Wildman–Crippen LogP) is 2.48. The van der Waals surface area contributed by atoms with Gasteiger partial charge in [-0.1, -0.05) is 6.07 Å². The van der Waals surface area contributed by atoms with Gasteiger partial charge in [0.05, 0.1) is 11.1 Å². The molecule has 2 aromatic carbocycles. The van der Waals surface area contributed by atoms with Crippen molar-refractivity contribution in [3.05, 3.63) is 59.4 Å². The molecule has 3 N–H and O–H groups in total. The number of amides is 1. The first-order chi connectivity index (χ1) is 9.47. The normalized spacial score (nSPS) is 10.1. The van der Waals surface area contributed by atoms with E-state index in [1.807, 2.05) is 0 Å². The van der Waals surface area contributed by atoms with E-state index in [0.717, 1.165) is 18.2 Å². The summed E-state index contributed by atoms with van der Waals surface area (Å²) in [6.45, 7) is 0. The number of benzene rings is 2. The van der Waals surface area contributed by atoms with Crippen LogP contribution in [0, 0.1) is 5.82 Å². The van der Waals surface area contributed by atoms with Gasteiger partial charge in [-0.3, -0.25) is 4.79 Å². The number of carbonyl (C=O) groups excluding carboxylic acids is 1. The third kappa shape index (κ3) is 2.92. The Morgan fingerprint density at radius 2 is 1.85 bits per heavy atom. The van der Waals surface area contributed by atoms with Crippen LogP contribution in [0.5, 0.6) is 5.75 Å². The highest BCUT2D eigenvalue weighted by Crippen LogP contribution is 2.20. The van der Waals surface area contributed by atoms with E-state index in [9.17, 15) is 19.1 Å². The molecule has 0 aliphatic heterocycles. The quantitative estimate of drug-likeness (QED) is 0.803. The fourth-order valence-electron chi connectivity index (χ4n) is 1.62. The van der Waals surface area contributed by atoms with Crippen molar-refractivity contribution in [3.63, 3.8) is 0 Å². The number of nitrogens with one attached hydrogen (secondary N) is 1. The maximum atomic E-state index is 13.0. The van der Waals surface area contributed by atoms with E-state index in [1.165, 1.54) is 24.3 Å². The molecule has 0 atom stereocenters. The third-order valence-corrected chi connectivity index (χ3v) is 2.57. The number of rotatable bonds is 3. The van der Waals surface area contributed by atoms with E-state index in [1.54, 1.807) is 0 Å². The summed E-state index contributed by atoms with van der Waals surface area (Å²) in [4.78, 5) is 22.7. The zero-order valence-electron chi connectivity index (χ0n) is 10.1. The molecule has 0 unspecified atom stereocenters. The number of halogens is 1. The molecule has 0 aliphatic rings. The average molecular weight is 275 g/mol. The average Bonchev–Trinajstić information content (AvgIpc) is 2.41. The lowest BCUT2D eigenvalue weighted by molar-refractivity contribution is 0.0696. The largest absolute Gasteiger partial charge is 0.507 e. The number of hydrogen-bond donors (Lipinski definition) is 3. The van der Waals surface area contributed by atoms with E-state index in [4.69, 9.17) is 5.11 Å². The second-order valence-electron chi connectivity index (χ2n) is 4.00. The monoisotopic (exact) mass is 275 g/mol. The topological polar surface area (TPSA) is 86.6 Å². The first-order valence-corrected chi connectivity index (χ1v) is 5.60. The Bertz CT molecular complexity index is 685. The lowest BCUT2D eigenvalue weighted by Crippen LogP contribution is -2.13. The highest BCUT2D eigenvalue weighted by molar-refractivity contribution is 6.06. The minimum atomic E-state index is -1.13. The number of hydrogen-bond acceptors (Lipinski definition) is 3. The van der Waals surface area contributed by atoms with Crippen LogP contribution in [0.4, 0.5) is 10.1 Å². The van der Waals surface area contributed by atoms with Crippen LogP contribution in [0.2, 0.25) is 0 Å². The number of carboxylic acid groups (broad SMARTS) is 1. The number of phenolic OH excluding ortho intramolecular Hbond substituents is 1. The summed E-state index contributed by atoms with van der Waals surface area (Å²) < 4.78 is 13.0. The summed E-state index contributed by atoms with van der Waals surface area (Å²) >= 11 is 0. The highest BCUT2D eigenvalue weighted by Gasteiger charge is 2.13. The minimum Gasteiger partial charge on any atom is -0.507 e. The van der Waals surface area contributed by atoms with Crippen LogP contribution in [0.1, 0.15) is 20.7 Å². The summed E-state index contributed by atoms with van der Waals surface area (Å²) in [6, 6.07) is 8.57. The summed E-state index contributed by atoms with van der Waals surface area (Å²) in [5, 5.41) is 20.7. The highest BCUT2D eigenvalue weighted by atomic mass is 19.1. The number of aromatic hydroxyl groups is 1. The molecule has 6 heteroatoms. The molecule has 0 aliphatic carbocycles. The third-order valence-electron chi connectivity index (χ3n) is 2.57. The van der Waals surface area contributed by atoms with Crippen molar-refractivity contribution in [2.24, 2.45) is 0 Å². The van der Waals surface area contributed by atoms with Gasteiger partial charge in [0, 0.05) is 5.69 Å².